The number of amides is 1. The van der Waals surface area contributed by atoms with Gasteiger partial charge < -0.3 is 15.8 Å². The van der Waals surface area contributed by atoms with Crippen molar-refractivity contribution in [1.29, 1.82) is 0 Å². The molecule has 116 valence electrons. The summed E-state index contributed by atoms with van der Waals surface area (Å²) in [4.78, 5) is 11.6. The highest BCUT2D eigenvalue weighted by atomic mass is 32.2. The fourth-order valence-corrected chi connectivity index (χ4v) is 1.84. The highest BCUT2D eigenvalue weighted by molar-refractivity contribution is 8.00. The van der Waals surface area contributed by atoms with Crippen LogP contribution in [0.4, 0.5) is 13.2 Å². The number of carbonyl (C=O) groups excluding carboxylic acids is 1. The predicted molar refractivity (Wildman–Crippen MR) is 79.3 cm³/mol. The van der Waals surface area contributed by atoms with E-state index in [1.165, 1.54) is 0 Å². The Morgan fingerprint density at radius 2 is 1.95 bits per heavy atom. The van der Waals surface area contributed by atoms with Crippen molar-refractivity contribution in [3.8, 4) is 5.75 Å². The number of thioether (sulfide) groups is 1. The van der Waals surface area contributed by atoms with Crippen LogP contribution in [0.25, 0.3) is 0 Å². The average molecular weight is 338 g/mol. The Balaban J connectivity index is 2.25. The minimum absolute atomic E-state index is 0.0766. The first-order chi connectivity index (χ1) is 9.78. The summed E-state index contributed by atoms with van der Waals surface area (Å²) in [6.45, 7) is -0.351. The number of hydrogen-bond donors (Lipinski definition) is 2. The summed E-state index contributed by atoms with van der Waals surface area (Å²) in [5.41, 5.74) is 1.82. The summed E-state index contributed by atoms with van der Waals surface area (Å²) in [6.07, 6.45) is 0. The predicted octanol–water partition coefficient (Wildman–Crippen LogP) is 2.07. The monoisotopic (exact) mass is 338 g/mol. The standard InChI is InChI=1S/C12H13F3N2O2S2/c13-12(14,15)21-6-5-17-10(18)7-19-9-3-1-8(2-4-9)11(16)20/h1-4H,5-7H2,(H2,16,20)(H,17,18). The summed E-state index contributed by atoms with van der Waals surface area (Å²) in [7, 11) is 0. The lowest BCUT2D eigenvalue weighted by molar-refractivity contribution is -0.123. The molecule has 0 aliphatic rings. The maximum absolute atomic E-state index is 11.8. The lowest BCUT2D eigenvalue weighted by Gasteiger charge is -2.09. The van der Waals surface area contributed by atoms with E-state index < -0.39 is 11.4 Å². The molecule has 0 aromatic heterocycles. The van der Waals surface area contributed by atoms with Gasteiger partial charge in [-0.2, -0.15) is 13.2 Å². The smallest absolute Gasteiger partial charge is 0.441 e. The van der Waals surface area contributed by atoms with Gasteiger partial charge in [0, 0.05) is 17.9 Å². The summed E-state index contributed by atoms with van der Waals surface area (Å²) in [6, 6.07) is 6.49. The van der Waals surface area contributed by atoms with Crippen LogP contribution in [-0.4, -0.2) is 35.3 Å². The number of alkyl halides is 3. The molecule has 1 aromatic carbocycles. The number of nitrogens with one attached hydrogen (secondary N) is 1. The van der Waals surface area contributed by atoms with E-state index in [1.807, 2.05) is 0 Å². The third-order valence-corrected chi connectivity index (χ3v) is 3.17. The molecule has 4 nitrogen and oxygen atoms in total. The van der Waals surface area contributed by atoms with E-state index in [1.54, 1.807) is 24.3 Å². The molecule has 1 amide bonds. The van der Waals surface area contributed by atoms with Crippen LogP contribution in [0, 0.1) is 0 Å². The van der Waals surface area contributed by atoms with Gasteiger partial charge in [-0.1, -0.05) is 12.2 Å². The van der Waals surface area contributed by atoms with Gasteiger partial charge in [0.2, 0.25) is 0 Å². The number of carbonyl (C=O) groups is 1. The lowest BCUT2D eigenvalue weighted by Crippen LogP contribution is -2.31. The van der Waals surface area contributed by atoms with Crippen molar-refractivity contribution in [3.63, 3.8) is 0 Å². The Morgan fingerprint density at radius 3 is 2.48 bits per heavy atom. The van der Waals surface area contributed by atoms with Crippen LogP contribution in [-0.2, 0) is 4.79 Å². The number of benzene rings is 1. The molecule has 0 spiro atoms. The van der Waals surface area contributed by atoms with Gasteiger partial charge in [-0.25, -0.2) is 0 Å². The van der Waals surface area contributed by atoms with Crippen molar-refractivity contribution in [2.45, 2.75) is 5.51 Å². The molecule has 1 aromatic rings. The molecule has 21 heavy (non-hydrogen) atoms. The number of hydrogen-bond acceptors (Lipinski definition) is 4. The van der Waals surface area contributed by atoms with Crippen molar-refractivity contribution in [3.05, 3.63) is 29.8 Å². The molecule has 0 bridgehead atoms. The quantitative estimate of drug-likeness (QED) is 0.589. The Bertz CT molecular complexity index is 492. The zero-order chi connectivity index (χ0) is 15.9. The molecule has 0 saturated carbocycles. The fraction of sp³-hybridized carbons (Fsp3) is 0.333. The second-order valence-electron chi connectivity index (χ2n) is 3.82. The number of rotatable bonds is 7. The van der Waals surface area contributed by atoms with Gasteiger partial charge in [-0.15, -0.1) is 0 Å². The maximum Gasteiger partial charge on any atom is 0.441 e. The molecule has 1 rings (SSSR count). The van der Waals surface area contributed by atoms with Crippen molar-refractivity contribution in [2.75, 3.05) is 18.9 Å². The first-order valence-corrected chi connectivity index (χ1v) is 7.17. The zero-order valence-corrected chi connectivity index (χ0v) is 12.4. The van der Waals surface area contributed by atoms with Crippen molar-refractivity contribution >= 4 is 34.9 Å². The molecule has 0 atom stereocenters. The number of ether oxygens (including phenoxy) is 1. The number of thiocarbonyl (C=S) groups is 1. The van der Waals surface area contributed by atoms with E-state index >= 15 is 0 Å². The Morgan fingerprint density at radius 1 is 1.33 bits per heavy atom. The molecule has 0 saturated heterocycles. The molecular weight excluding hydrogens is 325 g/mol. The van der Waals surface area contributed by atoms with E-state index in [4.69, 9.17) is 22.7 Å². The van der Waals surface area contributed by atoms with Gasteiger partial charge in [0.05, 0.1) is 0 Å². The van der Waals surface area contributed by atoms with Crippen LogP contribution in [0.5, 0.6) is 5.75 Å². The van der Waals surface area contributed by atoms with Crippen LogP contribution >= 0.6 is 24.0 Å². The van der Waals surface area contributed by atoms with Crippen LogP contribution in [0.3, 0.4) is 0 Å². The Kier molecular flexibility index (Phi) is 6.76. The molecule has 3 N–H and O–H groups in total. The van der Waals surface area contributed by atoms with Gasteiger partial charge in [0.15, 0.2) is 6.61 Å². The second-order valence-corrected chi connectivity index (χ2v) is 5.42. The van der Waals surface area contributed by atoms with Gasteiger partial charge in [-0.05, 0) is 36.0 Å². The summed E-state index contributed by atoms with van der Waals surface area (Å²) in [5, 5.41) is 2.33. The number of halogens is 3. The van der Waals surface area contributed by atoms with Crippen molar-refractivity contribution in [1.82, 2.24) is 5.32 Å². The molecule has 0 unspecified atom stereocenters. The lowest BCUT2D eigenvalue weighted by atomic mass is 10.2. The normalized spacial score (nSPS) is 11.0. The molecule has 0 aliphatic heterocycles. The largest absolute Gasteiger partial charge is 0.484 e. The van der Waals surface area contributed by atoms with Crippen LogP contribution in [0.15, 0.2) is 24.3 Å². The van der Waals surface area contributed by atoms with Crippen LogP contribution in [0.1, 0.15) is 5.56 Å². The summed E-state index contributed by atoms with van der Waals surface area (Å²) in [5.74, 6) is -0.288. The molecular formula is C12H13F3N2O2S2. The van der Waals surface area contributed by atoms with E-state index in [2.05, 4.69) is 5.32 Å². The maximum atomic E-state index is 11.8. The second kappa shape index (κ2) is 8.08. The van der Waals surface area contributed by atoms with E-state index in [0.29, 0.717) is 11.3 Å². The first-order valence-electron chi connectivity index (χ1n) is 5.78. The third-order valence-electron chi connectivity index (χ3n) is 2.20. The van der Waals surface area contributed by atoms with E-state index in [0.717, 1.165) is 0 Å². The molecule has 0 aliphatic carbocycles. The highest BCUT2D eigenvalue weighted by Gasteiger charge is 2.27. The van der Waals surface area contributed by atoms with Crippen molar-refractivity contribution in [2.24, 2.45) is 5.73 Å². The molecule has 0 fully saturated rings. The highest BCUT2D eigenvalue weighted by Crippen LogP contribution is 2.29. The van der Waals surface area contributed by atoms with Gasteiger partial charge >= 0.3 is 5.51 Å². The zero-order valence-electron chi connectivity index (χ0n) is 10.8. The van der Waals surface area contributed by atoms with Gasteiger partial charge in [0.25, 0.3) is 5.91 Å². The molecule has 9 heteroatoms. The summed E-state index contributed by atoms with van der Waals surface area (Å²) >= 11 is 4.60. The fourth-order valence-electron chi connectivity index (χ4n) is 1.27. The third kappa shape index (κ3) is 7.76. The van der Waals surface area contributed by atoms with E-state index in [-0.39, 0.29) is 35.7 Å². The van der Waals surface area contributed by atoms with Crippen LogP contribution < -0.4 is 15.8 Å². The van der Waals surface area contributed by atoms with Crippen LogP contribution in [0.2, 0.25) is 0 Å². The topological polar surface area (TPSA) is 64.3 Å². The Hall–Kier alpha value is -1.48. The SMILES string of the molecule is NC(=S)c1ccc(OCC(=O)NCCSC(F)(F)F)cc1. The molecule has 0 radical (unpaired) electrons. The minimum Gasteiger partial charge on any atom is -0.484 e. The average Bonchev–Trinajstić information content (AvgIpc) is 2.41. The van der Waals surface area contributed by atoms with Gasteiger partial charge in [-0.3, -0.25) is 4.79 Å². The summed E-state index contributed by atoms with van der Waals surface area (Å²) < 4.78 is 40.7. The van der Waals surface area contributed by atoms with Crippen molar-refractivity contribution < 1.29 is 22.7 Å². The number of nitrogens with two attached hydrogens (primary N) is 1. The van der Waals surface area contributed by atoms with Gasteiger partial charge in [0.1, 0.15) is 10.7 Å². The Labute approximate surface area is 129 Å². The minimum atomic E-state index is -4.29. The van der Waals surface area contributed by atoms with E-state index in [9.17, 15) is 18.0 Å². The molecule has 0 heterocycles. The first kappa shape index (κ1) is 17.6.